The summed E-state index contributed by atoms with van der Waals surface area (Å²) >= 11 is 0. The van der Waals surface area contributed by atoms with E-state index in [1.165, 1.54) is 32.8 Å². The third-order valence-corrected chi connectivity index (χ3v) is 10.4. The van der Waals surface area contributed by atoms with Crippen LogP contribution in [-0.4, -0.2) is 42.3 Å². The Morgan fingerprint density at radius 2 is 1.97 bits per heavy atom. The predicted molar refractivity (Wildman–Crippen MR) is 115 cm³/mol. The van der Waals surface area contributed by atoms with Gasteiger partial charge in [0, 0.05) is 30.7 Å². The molecule has 1 saturated heterocycles. The molecule has 0 bridgehead atoms. The van der Waals surface area contributed by atoms with Crippen molar-refractivity contribution in [1.29, 1.82) is 0 Å². The molecule has 6 fully saturated rings. The number of hydrogen-bond acceptors (Lipinski definition) is 4. The fraction of sp³-hybridized carbons (Fsp3) is 0.731. The molecule has 5 aliphatic carbocycles. The molecule has 6 aliphatic rings. The number of nitrogens with zero attached hydrogens (tertiary/aromatic N) is 1. The zero-order valence-electron chi connectivity index (χ0n) is 18.7. The van der Waals surface area contributed by atoms with Crippen molar-refractivity contribution in [2.45, 2.75) is 69.6 Å². The van der Waals surface area contributed by atoms with Crippen molar-refractivity contribution in [3.63, 3.8) is 0 Å². The van der Waals surface area contributed by atoms with Crippen molar-refractivity contribution >= 4 is 5.97 Å². The number of rotatable bonds is 8. The van der Waals surface area contributed by atoms with Crippen molar-refractivity contribution in [3.05, 3.63) is 29.1 Å². The SMILES string of the molecule is COC(c1cc(C2CC2)c(OCC23CC4CC5CC(C2)C543)cc1F)N1CCC[C@H]1C(=O)O. The highest BCUT2D eigenvalue weighted by molar-refractivity contribution is 5.73. The van der Waals surface area contributed by atoms with E-state index in [9.17, 15) is 9.90 Å². The quantitative estimate of drug-likeness (QED) is 0.633. The molecule has 7 rings (SSSR count). The van der Waals surface area contributed by atoms with Gasteiger partial charge in [-0.2, -0.15) is 0 Å². The molecule has 6 heteroatoms. The lowest BCUT2D eigenvalue weighted by molar-refractivity contribution is -0.436. The Labute approximate surface area is 188 Å². The van der Waals surface area contributed by atoms with E-state index < -0.39 is 18.2 Å². The first kappa shape index (κ1) is 19.8. The van der Waals surface area contributed by atoms with Crippen LogP contribution >= 0.6 is 0 Å². The molecular formula is C26H32FNO4. The molecule has 1 spiro atoms. The molecule has 1 aromatic carbocycles. The topological polar surface area (TPSA) is 59.0 Å². The van der Waals surface area contributed by atoms with Crippen LogP contribution in [0.1, 0.15) is 74.6 Å². The van der Waals surface area contributed by atoms with Gasteiger partial charge in [-0.25, -0.2) is 4.39 Å². The molecule has 5 saturated carbocycles. The summed E-state index contributed by atoms with van der Waals surface area (Å²) in [6, 6.07) is 2.83. The van der Waals surface area contributed by atoms with Crippen LogP contribution < -0.4 is 4.74 Å². The summed E-state index contributed by atoms with van der Waals surface area (Å²) in [4.78, 5) is 13.5. The second-order valence-electron chi connectivity index (χ2n) is 11.5. The standard InChI is InChI=1S/C26H32FNO4/c1-31-23(28-6-2-3-21(28)24(29)30)19-9-18(14-4-5-14)22(10-20(19)27)32-13-25-11-16-7-15-8-17(12-25)26(15,16)25/h9-10,14-17,21,23H,2-8,11-13H2,1H3,(H,29,30)/t15?,16?,17?,21-,23?,25?,26?/m0/s1. The molecule has 1 aromatic rings. The van der Waals surface area contributed by atoms with Crippen LogP contribution in [0.3, 0.4) is 0 Å². The monoisotopic (exact) mass is 441 g/mol. The van der Waals surface area contributed by atoms with Crippen LogP contribution in [0.2, 0.25) is 0 Å². The number of aliphatic carboxylic acids is 1. The third-order valence-electron chi connectivity index (χ3n) is 10.4. The Balaban J connectivity index is 1.15. The van der Waals surface area contributed by atoms with Gasteiger partial charge in [0.25, 0.3) is 0 Å². The minimum atomic E-state index is -0.867. The summed E-state index contributed by atoms with van der Waals surface area (Å²) in [5, 5.41) is 9.60. The average molecular weight is 442 g/mol. The number of benzene rings is 1. The number of carboxylic acid groups (broad SMARTS) is 1. The van der Waals surface area contributed by atoms with E-state index in [-0.39, 0.29) is 5.82 Å². The van der Waals surface area contributed by atoms with Crippen LogP contribution in [0, 0.1) is 34.4 Å². The van der Waals surface area contributed by atoms with Gasteiger partial charge in [0.15, 0.2) is 0 Å². The number of likely N-dealkylation sites (tertiary alicyclic amines) is 1. The Bertz CT molecular complexity index is 965. The van der Waals surface area contributed by atoms with Gasteiger partial charge in [0.05, 0.1) is 6.61 Å². The molecule has 172 valence electrons. The number of carboxylic acids is 1. The van der Waals surface area contributed by atoms with Crippen LogP contribution in [0.5, 0.6) is 5.75 Å². The smallest absolute Gasteiger partial charge is 0.321 e. The van der Waals surface area contributed by atoms with E-state index in [1.807, 2.05) is 6.07 Å². The molecule has 5 nitrogen and oxygen atoms in total. The van der Waals surface area contributed by atoms with Gasteiger partial charge in [-0.15, -0.1) is 0 Å². The van der Waals surface area contributed by atoms with Crippen molar-refractivity contribution in [2.75, 3.05) is 20.3 Å². The first-order valence-electron chi connectivity index (χ1n) is 12.5. The van der Waals surface area contributed by atoms with Gasteiger partial charge >= 0.3 is 5.97 Å². The normalized spacial score (nSPS) is 41.9. The Kier molecular flexibility index (Phi) is 4.00. The Morgan fingerprint density at radius 1 is 1.22 bits per heavy atom. The second kappa shape index (κ2) is 6.47. The largest absolute Gasteiger partial charge is 0.493 e. The third kappa shape index (κ3) is 2.28. The van der Waals surface area contributed by atoms with E-state index >= 15 is 4.39 Å². The van der Waals surface area contributed by atoms with Crippen LogP contribution in [0.4, 0.5) is 4.39 Å². The summed E-state index contributed by atoms with van der Waals surface area (Å²) in [7, 11) is 1.54. The van der Waals surface area contributed by atoms with E-state index in [2.05, 4.69) is 0 Å². The molecule has 0 radical (unpaired) electrons. The van der Waals surface area contributed by atoms with Crippen molar-refractivity contribution in [3.8, 4) is 5.75 Å². The summed E-state index contributed by atoms with van der Waals surface area (Å²) in [5.41, 5.74) is 2.48. The summed E-state index contributed by atoms with van der Waals surface area (Å²) in [6.07, 6.45) is 8.33. The van der Waals surface area contributed by atoms with Crippen molar-refractivity contribution < 1.29 is 23.8 Å². The molecule has 3 unspecified atom stereocenters. The number of ether oxygens (including phenoxy) is 2. The van der Waals surface area contributed by atoms with Crippen molar-refractivity contribution in [1.82, 2.24) is 4.90 Å². The van der Waals surface area contributed by atoms with E-state index in [4.69, 9.17) is 9.47 Å². The lowest BCUT2D eigenvalue weighted by Crippen LogP contribution is -2.86. The molecule has 0 aromatic heterocycles. The lowest BCUT2D eigenvalue weighted by atomic mass is 9.13. The van der Waals surface area contributed by atoms with Gasteiger partial charge in [-0.1, -0.05) is 0 Å². The Morgan fingerprint density at radius 3 is 2.56 bits per heavy atom. The molecule has 4 atom stereocenters. The number of hydrogen-bond donors (Lipinski definition) is 1. The predicted octanol–water partition coefficient (Wildman–Crippen LogP) is 4.71. The van der Waals surface area contributed by atoms with Gasteiger partial charge in [-0.3, -0.25) is 9.69 Å². The molecule has 1 N–H and O–H groups in total. The number of carbonyl (C=O) groups is 1. The van der Waals surface area contributed by atoms with Gasteiger partial charge in [0.2, 0.25) is 0 Å². The molecule has 1 heterocycles. The minimum Gasteiger partial charge on any atom is -0.493 e. The van der Waals surface area contributed by atoms with Gasteiger partial charge < -0.3 is 14.6 Å². The molecule has 32 heavy (non-hydrogen) atoms. The lowest BCUT2D eigenvalue weighted by Gasteiger charge is -2.91. The molecule has 1 aliphatic heterocycles. The zero-order valence-corrected chi connectivity index (χ0v) is 18.7. The Hall–Kier alpha value is -1.66. The summed E-state index contributed by atoms with van der Waals surface area (Å²) in [5.74, 6) is 2.71. The zero-order chi connectivity index (χ0) is 21.8. The highest BCUT2D eigenvalue weighted by atomic mass is 19.1. The van der Waals surface area contributed by atoms with E-state index in [0.717, 1.165) is 49.2 Å². The van der Waals surface area contributed by atoms with E-state index in [1.54, 1.807) is 11.0 Å². The maximum absolute atomic E-state index is 15.4. The van der Waals surface area contributed by atoms with Gasteiger partial charge in [0.1, 0.15) is 23.8 Å². The van der Waals surface area contributed by atoms with Crippen molar-refractivity contribution in [2.24, 2.45) is 28.6 Å². The first-order valence-corrected chi connectivity index (χ1v) is 12.5. The highest BCUT2D eigenvalue weighted by Gasteiger charge is 2.87. The minimum absolute atomic E-state index is 0.355. The van der Waals surface area contributed by atoms with Crippen LogP contribution in [0.25, 0.3) is 0 Å². The fourth-order valence-corrected chi connectivity index (χ4v) is 9.02. The summed E-state index contributed by atoms with van der Waals surface area (Å²) < 4.78 is 27.5. The van der Waals surface area contributed by atoms with Gasteiger partial charge in [-0.05, 0) is 92.1 Å². The number of halogens is 1. The maximum Gasteiger partial charge on any atom is 0.321 e. The average Bonchev–Trinajstić information content (AvgIpc) is 3.43. The number of methoxy groups -OCH3 is 1. The molecular weight excluding hydrogens is 409 g/mol. The van der Waals surface area contributed by atoms with E-state index in [0.29, 0.717) is 41.0 Å². The van der Waals surface area contributed by atoms with Crippen LogP contribution in [-0.2, 0) is 9.53 Å². The second-order valence-corrected chi connectivity index (χ2v) is 11.5. The summed E-state index contributed by atoms with van der Waals surface area (Å²) in [6.45, 7) is 1.33. The van der Waals surface area contributed by atoms with Crippen LogP contribution in [0.15, 0.2) is 12.1 Å². The maximum atomic E-state index is 15.4. The highest BCUT2D eigenvalue weighted by Crippen LogP contribution is 2.92. The fourth-order valence-electron chi connectivity index (χ4n) is 9.02. The molecule has 0 amide bonds. The first-order chi connectivity index (χ1) is 15.5.